The van der Waals surface area contributed by atoms with Crippen LogP contribution in [0.15, 0.2) is 106 Å². The molecule has 1 N–H and O–H groups in total. The van der Waals surface area contributed by atoms with E-state index >= 15 is 0 Å². The zero-order valence-corrected chi connectivity index (χ0v) is 29.7. The van der Waals surface area contributed by atoms with Crippen LogP contribution < -0.4 is 9.62 Å². The van der Waals surface area contributed by atoms with Gasteiger partial charge in [-0.3, -0.25) is 13.9 Å². The van der Waals surface area contributed by atoms with Crippen LogP contribution in [0.5, 0.6) is 0 Å². The summed E-state index contributed by atoms with van der Waals surface area (Å²) in [6.07, 6.45) is 0.199. The number of sulfonamides is 1. The summed E-state index contributed by atoms with van der Waals surface area (Å²) in [5.41, 5.74) is 2.59. The van der Waals surface area contributed by atoms with E-state index in [1.54, 1.807) is 54.6 Å². The number of hydrogen-bond acceptors (Lipinski definition) is 4. The van der Waals surface area contributed by atoms with Gasteiger partial charge in [0.25, 0.3) is 10.0 Å². The Kier molecular flexibility index (Phi) is 12.3. The van der Waals surface area contributed by atoms with Gasteiger partial charge in [0.1, 0.15) is 12.6 Å². The minimum absolute atomic E-state index is 0.0385. The number of nitrogens with one attached hydrogen (secondary N) is 1. The van der Waals surface area contributed by atoms with E-state index in [0.29, 0.717) is 27.8 Å². The van der Waals surface area contributed by atoms with E-state index < -0.39 is 28.5 Å². The maximum absolute atomic E-state index is 14.5. The smallest absolute Gasteiger partial charge is 0.264 e. The number of amides is 2. The minimum Gasteiger partial charge on any atom is -0.354 e. The van der Waals surface area contributed by atoms with Crippen molar-refractivity contribution in [2.45, 2.75) is 44.7 Å². The fraction of sp³-hybridized carbons (Fsp3) is 0.257. The molecule has 2 amide bonds. The van der Waals surface area contributed by atoms with Gasteiger partial charge in [-0.25, -0.2) is 8.42 Å². The van der Waals surface area contributed by atoms with E-state index in [9.17, 15) is 18.0 Å². The second-order valence-electron chi connectivity index (χ2n) is 11.4. The quantitative estimate of drug-likeness (QED) is 0.152. The second-order valence-corrected chi connectivity index (χ2v) is 15.0. The lowest BCUT2D eigenvalue weighted by molar-refractivity contribution is -0.140. The van der Waals surface area contributed by atoms with Crippen molar-refractivity contribution >= 4 is 66.7 Å². The highest BCUT2D eigenvalue weighted by atomic mass is 79.9. The predicted octanol–water partition coefficient (Wildman–Crippen LogP) is 7.67. The van der Waals surface area contributed by atoms with Gasteiger partial charge in [-0.1, -0.05) is 107 Å². The third kappa shape index (κ3) is 9.35. The Hall–Kier alpha value is -3.37. The Morgan fingerprint density at radius 1 is 0.891 bits per heavy atom. The van der Waals surface area contributed by atoms with Gasteiger partial charge < -0.3 is 10.2 Å². The van der Waals surface area contributed by atoms with Gasteiger partial charge in [0.2, 0.25) is 11.8 Å². The molecule has 11 heteroatoms. The van der Waals surface area contributed by atoms with Crippen LogP contribution >= 0.6 is 39.1 Å². The lowest BCUT2D eigenvalue weighted by Crippen LogP contribution is -2.53. The normalized spacial score (nSPS) is 12.1. The highest BCUT2D eigenvalue weighted by molar-refractivity contribution is 9.10. The molecule has 0 spiro atoms. The molecule has 0 fully saturated rings. The van der Waals surface area contributed by atoms with Crippen molar-refractivity contribution in [1.82, 2.24) is 10.2 Å². The molecule has 46 heavy (non-hydrogen) atoms. The zero-order chi connectivity index (χ0) is 33.4. The second kappa shape index (κ2) is 16.0. The molecule has 0 saturated carbocycles. The summed E-state index contributed by atoms with van der Waals surface area (Å²) in [6, 6.07) is 26.4. The van der Waals surface area contributed by atoms with Gasteiger partial charge >= 0.3 is 0 Å². The molecule has 0 radical (unpaired) electrons. The highest BCUT2D eigenvalue weighted by Gasteiger charge is 2.35. The first-order chi connectivity index (χ1) is 21.8. The summed E-state index contributed by atoms with van der Waals surface area (Å²) in [6.45, 7) is 5.61. The molecule has 0 heterocycles. The monoisotopic (exact) mass is 743 g/mol. The van der Waals surface area contributed by atoms with Crippen LogP contribution in [0.25, 0.3) is 0 Å². The minimum atomic E-state index is -4.20. The van der Waals surface area contributed by atoms with Gasteiger partial charge in [0.15, 0.2) is 0 Å². The molecule has 0 aliphatic heterocycles. The van der Waals surface area contributed by atoms with Crippen molar-refractivity contribution in [2.75, 3.05) is 17.4 Å². The molecule has 7 nitrogen and oxygen atoms in total. The van der Waals surface area contributed by atoms with Crippen molar-refractivity contribution < 1.29 is 18.0 Å². The number of rotatable bonds is 13. The molecule has 242 valence electrons. The van der Waals surface area contributed by atoms with Crippen LogP contribution in [0.4, 0.5) is 5.69 Å². The highest BCUT2D eigenvalue weighted by Crippen LogP contribution is 2.28. The maximum Gasteiger partial charge on any atom is 0.264 e. The number of aryl methyl sites for hydroxylation is 1. The number of benzene rings is 4. The van der Waals surface area contributed by atoms with Crippen molar-refractivity contribution in [3.63, 3.8) is 0 Å². The van der Waals surface area contributed by atoms with Crippen molar-refractivity contribution in [1.29, 1.82) is 0 Å². The van der Waals surface area contributed by atoms with E-state index in [1.807, 2.05) is 51.1 Å². The van der Waals surface area contributed by atoms with Crippen LogP contribution in [0.2, 0.25) is 10.0 Å². The molecule has 4 rings (SSSR count). The van der Waals surface area contributed by atoms with Crippen molar-refractivity contribution in [3.05, 3.63) is 128 Å². The van der Waals surface area contributed by atoms with Crippen LogP contribution in [0, 0.1) is 12.8 Å². The van der Waals surface area contributed by atoms with Gasteiger partial charge in [-0.15, -0.1) is 0 Å². The molecule has 4 aromatic carbocycles. The molecule has 4 aromatic rings. The molecule has 0 aliphatic carbocycles. The molecule has 1 atom stereocenters. The SMILES string of the molecule is Cc1ccc(S(=O)(=O)N(CC(=O)N(Cc2ccc(Cl)cc2Cl)C(Cc2ccccc2)C(=O)NCC(C)C)c2ccc(Br)cc2)cc1. The summed E-state index contributed by atoms with van der Waals surface area (Å²) in [4.78, 5) is 29.9. The van der Waals surface area contributed by atoms with Gasteiger partial charge in [-0.2, -0.15) is 0 Å². The zero-order valence-electron chi connectivity index (χ0n) is 25.8. The molecule has 0 bridgehead atoms. The Bertz CT molecular complexity index is 1750. The van der Waals surface area contributed by atoms with Crippen LogP contribution in [-0.2, 0) is 32.6 Å². The number of halogens is 3. The summed E-state index contributed by atoms with van der Waals surface area (Å²) in [5.74, 6) is -0.762. The number of carbonyl (C=O) groups is 2. The molecular weight excluding hydrogens is 709 g/mol. The maximum atomic E-state index is 14.5. The average Bonchev–Trinajstić information content (AvgIpc) is 3.02. The van der Waals surface area contributed by atoms with E-state index in [4.69, 9.17) is 23.2 Å². The summed E-state index contributed by atoms with van der Waals surface area (Å²) >= 11 is 16.1. The Labute approximate surface area is 289 Å². The fourth-order valence-corrected chi connectivity index (χ4v) is 6.93. The van der Waals surface area contributed by atoms with Crippen molar-refractivity contribution in [3.8, 4) is 0 Å². The number of anilines is 1. The molecular formula is C35H36BrCl2N3O4S. The van der Waals surface area contributed by atoms with E-state index in [2.05, 4.69) is 21.2 Å². The molecule has 0 aromatic heterocycles. The topological polar surface area (TPSA) is 86.8 Å². The third-order valence-electron chi connectivity index (χ3n) is 7.31. The van der Waals surface area contributed by atoms with E-state index in [1.165, 1.54) is 17.0 Å². The first-order valence-corrected chi connectivity index (χ1v) is 17.7. The van der Waals surface area contributed by atoms with Gasteiger partial charge in [-0.05, 0) is 72.5 Å². The van der Waals surface area contributed by atoms with Crippen LogP contribution in [0.1, 0.15) is 30.5 Å². The van der Waals surface area contributed by atoms with E-state index in [0.717, 1.165) is 19.9 Å². The standard InChI is InChI=1S/C35H36BrCl2N3O4S/c1-24(2)21-39-35(43)33(19-26-7-5-4-6-8-26)40(22-27-11-14-29(37)20-32(27)38)34(42)23-41(30-15-12-28(36)13-16-30)46(44,45)31-17-9-25(3)10-18-31/h4-18,20,24,33H,19,21-23H2,1-3H3,(H,39,43). The Balaban J connectivity index is 1.81. The molecule has 1 unspecified atom stereocenters. The number of nitrogens with zero attached hydrogens (tertiary/aromatic N) is 2. The Morgan fingerprint density at radius 3 is 2.15 bits per heavy atom. The summed E-state index contributed by atoms with van der Waals surface area (Å²) in [5, 5.41) is 3.72. The van der Waals surface area contributed by atoms with Gasteiger partial charge in [0.05, 0.1) is 10.6 Å². The first kappa shape index (κ1) is 35.5. The predicted molar refractivity (Wildman–Crippen MR) is 189 cm³/mol. The largest absolute Gasteiger partial charge is 0.354 e. The summed E-state index contributed by atoms with van der Waals surface area (Å²) < 4.78 is 30.1. The number of hydrogen-bond donors (Lipinski definition) is 1. The average molecular weight is 746 g/mol. The lowest BCUT2D eigenvalue weighted by Gasteiger charge is -2.34. The van der Waals surface area contributed by atoms with Crippen molar-refractivity contribution in [2.24, 2.45) is 5.92 Å². The van der Waals surface area contributed by atoms with E-state index in [-0.39, 0.29) is 29.7 Å². The summed E-state index contributed by atoms with van der Waals surface area (Å²) in [7, 11) is -4.20. The van der Waals surface area contributed by atoms with Crippen LogP contribution in [0.3, 0.4) is 0 Å². The Morgan fingerprint density at radius 2 is 1.54 bits per heavy atom. The fourth-order valence-electron chi connectivity index (χ4n) is 4.78. The van der Waals surface area contributed by atoms with Gasteiger partial charge in [0, 0.05) is 34.0 Å². The first-order valence-electron chi connectivity index (χ1n) is 14.7. The van der Waals surface area contributed by atoms with Crippen LogP contribution in [-0.4, -0.2) is 44.3 Å². The third-order valence-corrected chi connectivity index (χ3v) is 10.2. The number of carbonyl (C=O) groups excluding carboxylic acids is 2. The molecule has 0 aliphatic rings. The lowest BCUT2D eigenvalue weighted by atomic mass is 10.0. The molecule has 0 saturated heterocycles.